The number of thioether (sulfide) groups is 1. The van der Waals surface area contributed by atoms with Gasteiger partial charge in [-0.2, -0.15) is 11.8 Å². The van der Waals surface area contributed by atoms with Crippen molar-refractivity contribution in [2.24, 2.45) is 0 Å². The zero-order valence-electron chi connectivity index (χ0n) is 15.9. The van der Waals surface area contributed by atoms with E-state index < -0.39 is 0 Å². The van der Waals surface area contributed by atoms with Crippen LogP contribution in [0.2, 0.25) is 0 Å². The Morgan fingerprint density at radius 1 is 1.15 bits per heavy atom. The van der Waals surface area contributed by atoms with Gasteiger partial charge in [0.15, 0.2) is 0 Å². The summed E-state index contributed by atoms with van der Waals surface area (Å²) in [5.74, 6) is 3.27. The third-order valence-electron chi connectivity index (χ3n) is 5.29. The number of nitrogens with zero attached hydrogens (tertiary/aromatic N) is 4. The molecular formula is C19H27N5OS2. The Kier molecular flexibility index (Phi) is 6.14. The van der Waals surface area contributed by atoms with Crippen LogP contribution in [0.4, 0.5) is 5.82 Å². The average molecular weight is 406 g/mol. The number of anilines is 1. The van der Waals surface area contributed by atoms with Crippen LogP contribution in [0.3, 0.4) is 0 Å². The van der Waals surface area contributed by atoms with Gasteiger partial charge < -0.3 is 15.1 Å². The number of hydrogen-bond donors (Lipinski definition) is 1. The molecule has 27 heavy (non-hydrogen) atoms. The molecule has 8 heteroatoms. The minimum absolute atomic E-state index is 0.162. The summed E-state index contributed by atoms with van der Waals surface area (Å²) in [5.41, 5.74) is 0.891. The first-order chi connectivity index (χ1) is 13.2. The highest BCUT2D eigenvalue weighted by Gasteiger charge is 2.22. The summed E-state index contributed by atoms with van der Waals surface area (Å²) in [6.45, 7) is 7.90. The molecule has 0 radical (unpaired) electrons. The van der Waals surface area contributed by atoms with Gasteiger partial charge in [0.2, 0.25) is 5.82 Å². The van der Waals surface area contributed by atoms with Crippen LogP contribution in [0.1, 0.15) is 34.8 Å². The highest BCUT2D eigenvalue weighted by Crippen LogP contribution is 2.32. The summed E-state index contributed by atoms with van der Waals surface area (Å²) < 4.78 is 0. The Bertz CT molecular complexity index is 797. The summed E-state index contributed by atoms with van der Waals surface area (Å²) in [7, 11) is 0. The van der Waals surface area contributed by atoms with E-state index in [1.807, 2.05) is 17.1 Å². The molecule has 0 saturated carbocycles. The monoisotopic (exact) mass is 405 g/mol. The second-order valence-electron chi connectivity index (χ2n) is 7.18. The predicted molar refractivity (Wildman–Crippen MR) is 114 cm³/mol. The number of thiophene rings is 1. The number of aromatic nitrogens is 2. The Morgan fingerprint density at radius 3 is 2.70 bits per heavy atom. The molecule has 2 aliphatic rings. The number of aryl methyl sites for hydroxylation is 1. The molecule has 146 valence electrons. The van der Waals surface area contributed by atoms with E-state index in [4.69, 9.17) is 4.98 Å². The van der Waals surface area contributed by atoms with Gasteiger partial charge in [-0.05, 0) is 32.9 Å². The maximum Gasteiger partial charge on any atom is 0.289 e. The lowest BCUT2D eigenvalue weighted by Crippen LogP contribution is -2.38. The van der Waals surface area contributed by atoms with E-state index in [1.165, 1.54) is 24.1 Å². The Morgan fingerprint density at radius 2 is 1.93 bits per heavy atom. The van der Waals surface area contributed by atoms with E-state index >= 15 is 0 Å². The van der Waals surface area contributed by atoms with Crippen molar-refractivity contribution in [2.45, 2.75) is 26.2 Å². The number of fused-ring (bicyclic) bond motifs is 1. The second kappa shape index (κ2) is 8.75. The van der Waals surface area contributed by atoms with E-state index in [0.717, 1.165) is 61.0 Å². The standard InChI is InChI=1S/C19H27N5OS2/c1-14-16-15(13-27-14)21-17(22-18(16)24-9-11-26-12-10-24)19(25)20-5-8-23-6-3-2-4-7-23/h13H,2-12H2,1H3,(H,20,25). The van der Waals surface area contributed by atoms with E-state index in [0.29, 0.717) is 12.4 Å². The summed E-state index contributed by atoms with van der Waals surface area (Å²) in [5, 5.41) is 6.17. The van der Waals surface area contributed by atoms with Crippen LogP contribution < -0.4 is 10.2 Å². The molecular weight excluding hydrogens is 378 g/mol. The van der Waals surface area contributed by atoms with Crippen molar-refractivity contribution >= 4 is 45.7 Å². The molecule has 0 atom stereocenters. The van der Waals surface area contributed by atoms with Gasteiger partial charge in [0, 0.05) is 47.9 Å². The molecule has 1 N–H and O–H groups in total. The first-order valence-electron chi connectivity index (χ1n) is 9.81. The molecule has 0 unspecified atom stereocenters. The third kappa shape index (κ3) is 4.38. The molecule has 4 heterocycles. The second-order valence-corrected chi connectivity index (χ2v) is 9.49. The van der Waals surface area contributed by atoms with Crippen molar-refractivity contribution in [1.82, 2.24) is 20.2 Å². The first kappa shape index (κ1) is 19.0. The summed E-state index contributed by atoms with van der Waals surface area (Å²) >= 11 is 3.65. The van der Waals surface area contributed by atoms with Crippen molar-refractivity contribution in [1.29, 1.82) is 0 Å². The Balaban J connectivity index is 1.49. The average Bonchev–Trinajstić information content (AvgIpc) is 3.10. The lowest BCUT2D eigenvalue weighted by molar-refractivity contribution is 0.0936. The van der Waals surface area contributed by atoms with Crippen LogP contribution in [0, 0.1) is 6.92 Å². The van der Waals surface area contributed by atoms with Gasteiger partial charge in [-0.25, -0.2) is 9.97 Å². The van der Waals surface area contributed by atoms with E-state index in [2.05, 4.69) is 27.0 Å². The van der Waals surface area contributed by atoms with E-state index in [-0.39, 0.29) is 5.91 Å². The smallest absolute Gasteiger partial charge is 0.289 e. The maximum absolute atomic E-state index is 12.7. The van der Waals surface area contributed by atoms with Gasteiger partial charge in [0.05, 0.1) is 10.9 Å². The molecule has 0 aromatic carbocycles. The van der Waals surface area contributed by atoms with E-state index in [9.17, 15) is 4.79 Å². The van der Waals surface area contributed by atoms with Crippen LogP contribution in [0.5, 0.6) is 0 Å². The molecule has 0 spiro atoms. The van der Waals surface area contributed by atoms with Gasteiger partial charge in [-0.15, -0.1) is 11.3 Å². The summed E-state index contributed by atoms with van der Waals surface area (Å²) in [4.78, 5) is 27.9. The summed E-state index contributed by atoms with van der Waals surface area (Å²) in [6.07, 6.45) is 3.86. The molecule has 4 rings (SSSR count). The van der Waals surface area contributed by atoms with Gasteiger partial charge in [-0.3, -0.25) is 4.79 Å². The minimum atomic E-state index is -0.162. The number of carbonyl (C=O) groups excluding carboxylic acids is 1. The lowest BCUT2D eigenvalue weighted by atomic mass is 10.1. The molecule has 0 aliphatic carbocycles. The minimum Gasteiger partial charge on any atom is -0.354 e. The van der Waals surface area contributed by atoms with Crippen LogP contribution in [0.15, 0.2) is 5.38 Å². The molecule has 6 nitrogen and oxygen atoms in total. The van der Waals surface area contributed by atoms with Crippen LogP contribution in [-0.2, 0) is 0 Å². The number of nitrogens with one attached hydrogen (secondary N) is 1. The fourth-order valence-corrected chi connectivity index (χ4v) is 5.46. The molecule has 0 bridgehead atoms. The predicted octanol–water partition coefficient (Wildman–Crippen LogP) is 2.77. The van der Waals surface area contributed by atoms with Gasteiger partial charge in [-0.1, -0.05) is 6.42 Å². The van der Waals surface area contributed by atoms with Crippen LogP contribution >= 0.6 is 23.1 Å². The molecule has 2 saturated heterocycles. The van der Waals surface area contributed by atoms with Gasteiger partial charge in [0.1, 0.15) is 5.82 Å². The van der Waals surface area contributed by atoms with Crippen molar-refractivity contribution in [3.8, 4) is 0 Å². The highest BCUT2D eigenvalue weighted by molar-refractivity contribution is 7.99. The molecule has 2 aromatic heterocycles. The van der Waals surface area contributed by atoms with Crippen LogP contribution in [0.25, 0.3) is 10.9 Å². The summed E-state index contributed by atoms with van der Waals surface area (Å²) in [6, 6.07) is 0. The third-order valence-corrected chi connectivity index (χ3v) is 7.13. The fourth-order valence-electron chi connectivity index (χ4n) is 3.79. The largest absolute Gasteiger partial charge is 0.354 e. The molecule has 2 aromatic rings. The maximum atomic E-state index is 12.7. The van der Waals surface area contributed by atoms with Gasteiger partial charge >= 0.3 is 0 Å². The number of likely N-dealkylation sites (tertiary alicyclic amines) is 1. The number of hydrogen-bond acceptors (Lipinski definition) is 7. The van der Waals surface area contributed by atoms with Crippen molar-refractivity contribution in [2.75, 3.05) is 55.7 Å². The molecule has 2 aliphatic heterocycles. The van der Waals surface area contributed by atoms with Crippen molar-refractivity contribution in [3.63, 3.8) is 0 Å². The number of amides is 1. The van der Waals surface area contributed by atoms with Gasteiger partial charge in [0.25, 0.3) is 5.91 Å². The molecule has 1 amide bonds. The Labute approximate surface area is 168 Å². The first-order valence-corrected chi connectivity index (χ1v) is 11.8. The highest BCUT2D eigenvalue weighted by atomic mass is 32.2. The number of carbonyl (C=O) groups is 1. The fraction of sp³-hybridized carbons (Fsp3) is 0.632. The zero-order valence-corrected chi connectivity index (χ0v) is 17.5. The molecule has 2 fully saturated rings. The topological polar surface area (TPSA) is 61.4 Å². The van der Waals surface area contributed by atoms with E-state index in [1.54, 1.807) is 11.3 Å². The number of piperidine rings is 1. The zero-order chi connectivity index (χ0) is 18.6. The van der Waals surface area contributed by atoms with Crippen molar-refractivity contribution in [3.05, 3.63) is 16.1 Å². The quantitative estimate of drug-likeness (QED) is 0.825. The Hall–Kier alpha value is -1.38. The number of rotatable bonds is 5. The normalized spacial score (nSPS) is 18.8. The SMILES string of the molecule is Cc1scc2nc(C(=O)NCCN3CCCCC3)nc(N3CCSCC3)c12. The van der Waals surface area contributed by atoms with Crippen molar-refractivity contribution < 1.29 is 4.79 Å². The lowest BCUT2D eigenvalue weighted by Gasteiger charge is -2.28. The van der Waals surface area contributed by atoms with Crippen LogP contribution in [-0.4, -0.2) is 71.5 Å².